The fraction of sp³-hybridized carbons (Fsp3) is 0.188. The fourth-order valence-corrected chi connectivity index (χ4v) is 2.49. The first-order valence-electron chi connectivity index (χ1n) is 6.24. The van der Waals surface area contributed by atoms with Gasteiger partial charge in [0.25, 0.3) is 5.91 Å². The number of amides is 1. The summed E-state index contributed by atoms with van der Waals surface area (Å²) >= 11 is 5.84. The molecule has 2 aromatic rings. The molecule has 1 amide bonds. The first-order valence-corrected chi connectivity index (χ1v) is 6.62. The van der Waals surface area contributed by atoms with Crippen LogP contribution in [0.5, 0.6) is 0 Å². The van der Waals surface area contributed by atoms with Crippen LogP contribution >= 0.6 is 11.6 Å². The Kier molecular flexibility index (Phi) is 2.83. The molecule has 0 spiro atoms. The van der Waals surface area contributed by atoms with Crippen LogP contribution in [0.25, 0.3) is 0 Å². The molecule has 0 bridgehead atoms. The number of nitrogens with zero attached hydrogens (tertiary/aromatic N) is 1. The highest BCUT2D eigenvalue weighted by Crippen LogP contribution is 2.43. The Labute approximate surface area is 117 Å². The lowest BCUT2D eigenvalue weighted by molar-refractivity contribution is 0.0856. The van der Waals surface area contributed by atoms with Crippen LogP contribution in [-0.4, -0.2) is 17.4 Å². The van der Waals surface area contributed by atoms with Gasteiger partial charge >= 0.3 is 0 Å². The molecule has 1 atom stereocenters. The van der Waals surface area contributed by atoms with Gasteiger partial charge in [0.15, 0.2) is 0 Å². The lowest BCUT2D eigenvalue weighted by Gasteiger charge is -2.13. The van der Waals surface area contributed by atoms with Crippen LogP contribution in [0.15, 0.2) is 54.6 Å². The lowest BCUT2D eigenvalue weighted by Crippen LogP contribution is -2.19. The number of benzene rings is 2. The van der Waals surface area contributed by atoms with Gasteiger partial charge in [-0.05, 0) is 36.8 Å². The molecule has 1 aliphatic rings. The second-order valence-corrected chi connectivity index (χ2v) is 5.47. The van der Waals surface area contributed by atoms with E-state index in [9.17, 15) is 4.79 Å². The van der Waals surface area contributed by atoms with E-state index in [1.165, 1.54) is 5.56 Å². The minimum absolute atomic E-state index is 0.0584. The molecule has 0 aliphatic carbocycles. The third-order valence-corrected chi connectivity index (χ3v) is 3.94. The highest BCUT2D eigenvalue weighted by molar-refractivity contribution is 6.30. The van der Waals surface area contributed by atoms with Crippen molar-refractivity contribution >= 4 is 17.5 Å². The standard InChI is InChI=1S/C16H14ClNO/c1-16(13-5-3-2-4-6-13)11-18(16)15(19)12-7-9-14(17)10-8-12/h2-10H,11H2,1H3. The Balaban J connectivity index is 1.83. The topological polar surface area (TPSA) is 20.1 Å². The number of carbonyl (C=O) groups is 1. The van der Waals surface area contributed by atoms with E-state index in [0.717, 1.165) is 6.54 Å². The Morgan fingerprint density at radius 3 is 2.37 bits per heavy atom. The van der Waals surface area contributed by atoms with Gasteiger partial charge in [-0.3, -0.25) is 4.79 Å². The zero-order valence-corrected chi connectivity index (χ0v) is 11.4. The highest BCUT2D eigenvalue weighted by atomic mass is 35.5. The summed E-state index contributed by atoms with van der Waals surface area (Å²) in [6.45, 7) is 2.86. The molecule has 2 aromatic carbocycles. The van der Waals surface area contributed by atoms with E-state index in [1.54, 1.807) is 24.3 Å². The summed E-state index contributed by atoms with van der Waals surface area (Å²) in [5.74, 6) is 0.0584. The SMILES string of the molecule is CC1(c2ccccc2)CN1C(=O)c1ccc(Cl)cc1. The van der Waals surface area contributed by atoms with E-state index in [1.807, 2.05) is 23.1 Å². The van der Waals surface area contributed by atoms with Crippen molar-refractivity contribution in [3.63, 3.8) is 0 Å². The van der Waals surface area contributed by atoms with Gasteiger partial charge in [0, 0.05) is 17.1 Å². The summed E-state index contributed by atoms with van der Waals surface area (Å²) in [4.78, 5) is 14.3. The largest absolute Gasteiger partial charge is 0.325 e. The predicted molar refractivity (Wildman–Crippen MR) is 76.3 cm³/mol. The Morgan fingerprint density at radius 1 is 1.11 bits per heavy atom. The maximum atomic E-state index is 12.4. The zero-order valence-electron chi connectivity index (χ0n) is 10.6. The third-order valence-electron chi connectivity index (χ3n) is 3.69. The number of carbonyl (C=O) groups excluding carboxylic acids is 1. The van der Waals surface area contributed by atoms with Gasteiger partial charge in [0.05, 0.1) is 5.54 Å². The van der Waals surface area contributed by atoms with Crippen LogP contribution in [0.4, 0.5) is 0 Å². The van der Waals surface area contributed by atoms with Gasteiger partial charge in [-0.2, -0.15) is 0 Å². The van der Waals surface area contributed by atoms with Crippen molar-refractivity contribution in [2.45, 2.75) is 12.5 Å². The average molecular weight is 272 g/mol. The van der Waals surface area contributed by atoms with E-state index < -0.39 is 0 Å². The highest BCUT2D eigenvalue weighted by Gasteiger charge is 2.52. The molecule has 0 radical (unpaired) electrons. The fourth-order valence-electron chi connectivity index (χ4n) is 2.36. The van der Waals surface area contributed by atoms with E-state index in [4.69, 9.17) is 11.6 Å². The summed E-state index contributed by atoms with van der Waals surface area (Å²) < 4.78 is 0. The van der Waals surface area contributed by atoms with Crippen molar-refractivity contribution in [2.75, 3.05) is 6.54 Å². The van der Waals surface area contributed by atoms with Gasteiger partial charge in [0.1, 0.15) is 0 Å². The van der Waals surface area contributed by atoms with Crippen LogP contribution in [0.2, 0.25) is 5.02 Å². The molecule has 1 saturated heterocycles. The van der Waals surface area contributed by atoms with Crippen LogP contribution in [0.3, 0.4) is 0 Å². The van der Waals surface area contributed by atoms with Crippen LogP contribution in [-0.2, 0) is 5.54 Å². The molecule has 1 unspecified atom stereocenters. The molecule has 3 heteroatoms. The molecule has 1 fully saturated rings. The van der Waals surface area contributed by atoms with E-state index in [0.29, 0.717) is 10.6 Å². The van der Waals surface area contributed by atoms with Gasteiger partial charge in [-0.1, -0.05) is 41.9 Å². The van der Waals surface area contributed by atoms with Crippen LogP contribution in [0.1, 0.15) is 22.8 Å². The van der Waals surface area contributed by atoms with Gasteiger partial charge in [-0.25, -0.2) is 0 Å². The summed E-state index contributed by atoms with van der Waals surface area (Å²) in [6.07, 6.45) is 0. The van der Waals surface area contributed by atoms with Gasteiger partial charge < -0.3 is 4.90 Å². The number of rotatable bonds is 2. The predicted octanol–water partition coefficient (Wildman–Crippen LogP) is 3.71. The Bertz CT molecular complexity index is 608. The normalized spacial score (nSPS) is 21.3. The quantitative estimate of drug-likeness (QED) is 0.763. The van der Waals surface area contributed by atoms with Crippen molar-refractivity contribution in [1.29, 1.82) is 0 Å². The molecule has 3 rings (SSSR count). The van der Waals surface area contributed by atoms with Gasteiger partial charge in [0.2, 0.25) is 0 Å². The van der Waals surface area contributed by atoms with E-state index in [-0.39, 0.29) is 11.4 Å². The van der Waals surface area contributed by atoms with Crippen molar-refractivity contribution in [2.24, 2.45) is 0 Å². The first kappa shape index (κ1) is 12.2. The monoisotopic (exact) mass is 271 g/mol. The van der Waals surface area contributed by atoms with Crippen molar-refractivity contribution in [3.8, 4) is 0 Å². The second-order valence-electron chi connectivity index (χ2n) is 5.04. The van der Waals surface area contributed by atoms with Crippen LogP contribution in [0, 0.1) is 0 Å². The Morgan fingerprint density at radius 2 is 1.74 bits per heavy atom. The smallest absolute Gasteiger partial charge is 0.254 e. The molecule has 96 valence electrons. The minimum atomic E-state index is -0.169. The summed E-state index contributed by atoms with van der Waals surface area (Å²) in [6, 6.07) is 17.2. The molecule has 0 N–H and O–H groups in total. The molecule has 2 nitrogen and oxygen atoms in total. The maximum absolute atomic E-state index is 12.4. The maximum Gasteiger partial charge on any atom is 0.254 e. The van der Waals surface area contributed by atoms with Crippen molar-refractivity contribution < 1.29 is 4.79 Å². The number of hydrogen-bond donors (Lipinski definition) is 0. The van der Waals surface area contributed by atoms with E-state index in [2.05, 4.69) is 19.1 Å². The van der Waals surface area contributed by atoms with Crippen LogP contribution < -0.4 is 0 Å². The van der Waals surface area contributed by atoms with Crippen molar-refractivity contribution in [3.05, 3.63) is 70.7 Å². The summed E-state index contributed by atoms with van der Waals surface area (Å²) in [5.41, 5.74) is 1.69. The zero-order chi connectivity index (χ0) is 13.5. The average Bonchev–Trinajstić information content (AvgIpc) is 3.14. The Hall–Kier alpha value is -1.80. The molecular formula is C16H14ClNO. The lowest BCUT2D eigenvalue weighted by atomic mass is 10.0. The number of hydrogen-bond acceptors (Lipinski definition) is 1. The molecular weight excluding hydrogens is 258 g/mol. The molecule has 1 aliphatic heterocycles. The van der Waals surface area contributed by atoms with Gasteiger partial charge in [-0.15, -0.1) is 0 Å². The summed E-state index contributed by atoms with van der Waals surface area (Å²) in [7, 11) is 0. The summed E-state index contributed by atoms with van der Waals surface area (Å²) in [5, 5.41) is 0.646. The second kappa shape index (κ2) is 4.39. The molecule has 1 heterocycles. The number of halogens is 1. The van der Waals surface area contributed by atoms with E-state index >= 15 is 0 Å². The molecule has 0 saturated carbocycles. The minimum Gasteiger partial charge on any atom is -0.325 e. The van der Waals surface area contributed by atoms with Crippen molar-refractivity contribution in [1.82, 2.24) is 4.90 Å². The molecule has 0 aromatic heterocycles. The molecule has 19 heavy (non-hydrogen) atoms. The first-order chi connectivity index (χ1) is 9.11. The third kappa shape index (κ3) is 2.13.